The minimum atomic E-state index is -0.509. The number of phenols is 1. The molecule has 0 radical (unpaired) electrons. The quantitative estimate of drug-likeness (QED) is 0.162. The van der Waals surface area contributed by atoms with Crippen LogP contribution in [0.3, 0.4) is 0 Å². The molecular weight excluding hydrogens is 528 g/mol. The fourth-order valence-corrected chi connectivity index (χ4v) is 2.85. The first-order valence-corrected chi connectivity index (χ1v) is 12.0. The van der Waals surface area contributed by atoms with Crippen LogP contribution in [0.15, 0.2) is 73.8 Å². The van der Waals surface area contributed by atoms with Crippen LogP contribution in [-0.2, 0) is 41.5 Å². The molecule has 0 aromatic heterocycles. The predicted octanol–water partition coefficient (Wildman–Crippen LogP) is 2.72. The molecule has 0 saturated heterocycles. The van der Waals surface area contributed by atoms with Gasteiger partial charge in [0, 0.05) is 6.08 Å². The van der Waals surface area contributed by atoms with Crippen molar-refractivity contribution in [1.29, 1.82) is 0 Å². The first kappa shape index (κ1) is 35.0. The lowest BCUT2D eigenvalue weighted by Gasteiger charge is -2.13. The zero-order valence-electron chi connectivity index (χ0n) is 22.4. The minimum Gasteiger partial charge on any atom is -0.508 e. The van der Waals surface area contributed by atoms with Crippen LogP contribution < -0.4 is 15.4 Å². The number of carbonyl (C=O) groups is 4. The molecule has 2 atom stereocenters. The van der Waals surface area contributed by atoms with Gasteiger partial charge in [0.2, 0.25) is 5.24 Å². The van der Waals surface area contributed by atoms with Crippen LogP contribution in [0.1, 0.15) is 11.1 Å². The van der Waals surface area contributed by atoms with Gasteiger partial charge in [-0.3, -0.25) is 14.4 Å². The lowest BCUT2D eigenvalue weighted by atomic mass is 10.1. The highest BCUT2D eigenvalue weighted by atomic mass is 35.5. The van der Waals surface area contributed by atoms with Gasteiger partial charge in [-0.25, -0.2) is 4.79 Å². The van der Waals surface area contributed by atoms with Crippen LogP contribution in [0, 0.1) is 0 Å². The maximum atomic E-state index is 11.4. The molecule has 2 aromatic carbocycles. The molecule has 2 rings (SSSR count). The highest BCUT2D eigenvalue weighted by molar-refractivity contribution is 6.66. The van der Waals surface area contributed by atoms with Gasteiger partial charge in [-0.15, -0.1) is 0 Å². The summed E-state index contributed by atoms with van der Waals surface area (Å²) in [4.78, 5) is 43.2. The maximum Gasteiger partial charge on any atom is 0.335 e. The Hall–Kier alpha value is -3.99. The van der Waals surface area contributed by atoms with E-state index in [0.717, 1.165) is 23.3 Å². The van der Waals surface area contributed by atoms with Crippen LogP contribution in [0.4, 0.5) is 0 Å². The first-order chi connectivity index (χ1) is 18.5. The number of nitrogens with one attached hydrogen (secondary N) is 2. The van der Waals surface area contributed by atoms with Crippen molar-refractivity contribution in [3.8, 4) is 11.5 Å². The van der Waals surface area contributed by atoms with E-state index in [-0.39, 0.29) is 23.7 Å². The molecule has 0 unspecified atom stereocenters. The van der Waals surface area contributed by atoms with E-state index in [0.29, 0.717) is 18.6 Å². The molecule has 0 amide bonds. The second-order valence-corrected chi connectivity index (χ2v) is 7.95. The van der Waals surface area contributed by atoms with E-state index < -0.39 is 17.3 Å². The number of benzene rings is 2. The van der Waals surface area contributed by atoms with Gasteiger partial charge >= 0.3 is 17.9 Å². The molecular formula is C28H35ClN2O8. The zero-order valence-corrected chi connectivity index (χ0v) is 23.2. The number of likely N-dealkylation sites (N-methyl/N-ethyl adjacent to an activating group) is 2. The van der Waals surface area contributed by atoms with Crippen molar-refractivity contribution in [3.05, 3.63) is 85.0 Å². The lowest BCUT2D eigenvalue weighted by molar-refractivity contribution is -0.143. The topological polar surface area (TPSA) is 140 Å². The van der Waals surface area contributed by atoms with Gasteiger partial charge in [0.1, 0.15) is 23.6 Å². The molecule has 212 valence electrons. The predicted molar refractivity (Wildman–Crippen MR) is 149 cm³/mol. The molecule has 11 heteroatoms. The van der Waals surface area contributed by atoms with E-state index in [1.54, 1.807) is 62.6 Å². The number of hydrogen-bond acceptors (Lipinski definition) is 10. The van der Waals surface area contributed by atoms with Crippen molar-refractivity contribution in [2.24, 2.45) is 0 Å². The van der Waals surface area contributed by atoms with Crippen LogP contribution >= 0.6 is 11.6 Å². The normalized spacial score (nSPS) is 11.1. The Bertz CT molecular complexity index is 1070. The van der Waals surface area contributed by atoms with Crippen molar-refractivity contribution in [2.75, 3.05) is 28.3 Å². The van der Waals surface area contributed by atoms with Crippen LogP contribution in [0.5, 0.6) is 11.5 Å². The second kappa shape index (κ2) is 20.0. The SMILES string of the molecule is C=CC(=O)Cl.C=CC(=O)Oc1ccc(C[C@H](NC)C(=O)OC)cc1.CN[C@@H](Cc1ccc(O)cc1)C(=O)OC. The third-order valence-corrected chi connectivity index (χ3v) is 5.11. The number of hydrogen-bond donors (Lipinski definition) is 3. The Morgan fingerprint density at radius 3 is 1.51 bits per heavy atom. The summed E-state index contributed by atoms with van der Waals surface area (Å²) < 4.78 is 14.3. The molecule has 0 bridgehead atoms. The largest absolute Gasteiger partial charge is 0.508 e. The molecule has 0 aliphatic carbocycles. The van der Waals surface area contributed by atoms with Crippen molar-refractivity contribution in [2.45, 2.75) is 24.9 Å². The molecule has 0 fully saturated rings. The monoisotopic (exact) mass is 562 g/mol. The highest BCUT2D eigenvalue weighted by Crippen LogP contribution is 2.14. The molecule has 39 heavy (non-hydrogen) atoms. The average molecular weight is 563 g/mol. The van der Waals surface area contributed by atoms with Gasteiger partial charge in [0.25, 0.3) is 0 Å². The molecule has 3 N–H and O–H groups in total. The number of ether oxygens (including phenoxy) is 3. The number of carbonyl (C=O) groups excluding carboxylic acids is 4. The van der Waals surface area contributed by atoms with E-state index in [1.807, 2.05) is 0 Å². The van der Waals surface area contributed by atoms with E-state index in [2.05, 4.69) is 33.3 Å². The van der Waals surface area contributed by atoms with Gasteiger partial charge in [0.15, 0.2) is 0 Å². The van der Waals surface area contributed by atoms with Gasteiger partial charge in [-0.05, 0) is 80.0 Å². The Labute approximate surface area is 233 Å². The molecule has 0 saturated carbocycles. The third kappa shape index (κ3) is 15.1. The second-order valence-electron chi connectivity index (χ2n) is 7.58. The zero-order chi connectivity index (χ0) is 29.8. The molecule has 0 aliphatic rings. The molecule has 10 nitrogen and oxygen atoms in total. The minimum absolute atomic E-state index is 0.220. The maximum absolute atomic E-state index is 11.4. The Balaban J connectivity index is 0.000000643. The number of aromatic hydroxyl groups is 1. The first-order valence-electron chi connectivity index (χ1n) is 11.6. The summed E-state index contributed by atoms with van der Waals surface area (Å²) in [5, 5.41) is 14.3. The van der Waals surface area contributed by atoms with Gasteiger partial charge in [0.05, 0.1) is 14.2 Å². The van der Waals surface area contributed by atoms with Gasteiger partial charge in [-0.2, -0.15) is 0 Å². The van der Waals surface area contributed by atoms with Crippen molar-refractivity contribution < 1.29 is 38.5 Å². The van der Waals surface area contributed by atoms with Gasteiger partial charge < -0.3 is 30.0 Å². The Kier molecular flexibility index (Phi) is 18.0. The fourth-order valence-electron chi connectivity index (χ4n) is 2.85. The van der Waals surface area contributed by atoms with E-state index in [1.165, 1.54) is 14.2 Å². The summed E-state index contributed by atoms with van der Waals surface area (Å²) in [6.07, 6.45) is 3.19. The number of esters is 3. The molecule has 0 spiro atoms. The summed E-state index contributed by atoms with van der Waals surface area (Å²) in [5.41, 5.74) is 1.90. The number of halogens is 1. The van der Waals surface area contributed by atoms with Crippen LogP contribution in [0.2, 0.25) is 0 Å². The number of rotatable bonds is 11. The average Bonchev–Trinajstić information content (AvgIpc) is 2.96. The van der Waals surface area contributed by atoms with Crippen molar-refractivity contribution in [1.82, 2.24) is 10.6 Å². The fraction of sp³-hybridized carbons (Fsp3) is 0.286. The Morgan fingerprint density at radius 1 is 0.821 bits per heavy atom. The number of allylic oxidation sites excluding steroid dienone is 1. The van der Waals surface area contributed by atoms with Crippen molar-refractivity contribution >= 4 is 34.8 Å². The van der Waals surface area contributed by atoms with Crippen LogP contribution in [0.25, 0.3) is 0 Å². The summed E-state index contributed by atoms with van der Waals surface area (Å²) in [6, 6.07) is 12.9. The summed E-state index contributed by atoms with van der Waals surface area (Å²) in [7, 11) is 6.12. The smallest absolute Gasteiger partial charge is 0.335 e. The Morgan fingerprint density at radius 2 is 1.21 bits per heavy atom. The third-order valence-electron chi connectivity index (χ3n) is 4.95. The van der Waals surface area contributed by atoms with E-state index in [4.69, 9.17) is 21.4 Å². The summed E-state index contributed by atoms with van der Waals surface area (Å²) in [6.45, 7) is 6.40. The van der Waals surface area contributed by atoms with Crippen molar-refractivity contribution in [3.63, 3.8) is 0 Å². The summed E-state index contributed by atoms with van der Waals surface area (Å²) >= 11 is 4.71. The van der Waals surface area contributed by atoms with E-state index in [9.17, 15) is 19.2 Å². The number of phenolic OH excluding ortho intramolecular Hbond substituents is 1. The number of methoxy groups -OCH3 is 2. The summed E-state index contributed by atoms with van der Waals surface area (Å²) in [5.74, 6) is -0.448. The van der Waals surface area contributed by atoms with Gasteiger partial charge in [-0.1, -0.05) is 37.4 Å². The lowest BCUT2D eigenvalue weighted by Crippen LogP contribution is -2.36. The molecule has 0 aliphatic heterocycles. The molecule has 0 heterocycles. The van der Waals surface area contributed by atoms with E-state index >= 15 is 0 Å². The standard InChI is InChI=1S/C14H17NO4.C11H15NO3.C3H3ClO/c1-4-13(16)19-11-7-5-10(6-8-11)9-12(15-2)14(17)18-3;1-12-10(11(14)15-2)7-8-3-5-9(13)6-4-8;1-2-3(4)5/h4-8,12,15H,1,9H2,2-3H3;3-6,10,12-13H,7H2,1-2H3;2H,1H2/t12-;10-;/m00./s1. The van der Waals surface area contributed by atoms with Crippen LogP contribution in [-0.4, -0.2) is 68.7 Å². The highest BCUT2D eigenvalue weighted by Gasteiger charge is 2.18. The molecule has 2 aromatic rings.